The molecule has 1 aliphatic rings. The van der Waals surface area contributed by atoms with Crippen LogP contribution in [0.1, 0.15) is 27.9 Å². The standard InChI is InChI=1S/C25H23F3N4O5S/c1-36-19-6-7-21(20(10-19)25(26,27)28)37-18-4-2-16(3-5-18)11-31-23(34)24(8-9-38(35)14-24)32-22(33)17-12-29-15-30-13-17/h2-7,10,12-13,15H,8-9,11,14H2,1H3,(H,31,34)(H,32,33). The number of carbonyl (C=O) groups excluding carboxylic acids is 2. The zero-order valence-corrected chi connectivity index (χ0v) is 20.9. The molecule has 9 nitrogen and oxygen atoms in total. The lowest BCUT2D eigenvalue weighted by molar-refractivity contribution is -0.138. The number of hydrogen-bond acceptors (Lipinski definition) is 7. The van der Waals surface area contributed by atoms with Crippen LogP contribution in [0.3, 0.4) is 0 Å². The van der Waals surface area contributed by atoms with Gasteiger partial charge in [0, 0.05) is 35.5 Å². The smallest absolute Gasteiger partial charge is 0.420 e. The maximum atomic E-state index is 13.4. The van der Waals surface area contributed by atoms with Crippen LogP contribution in [0.4, 0.5) is 13.2 Å². The largest absolute Gasteiger partial charge is 0.497 e. The van der Waals surface area contributed by atoms with Crippen LogP contribution < -0.4 is 20.1 Å². The molecule has 2 aromatic carbocycles. The normalized spacial score (nSPS) is 19.0. The molecular formula is C25H23F3N4O5S. The molecule has 2 unspecified atom stereocenters. The van der Waals surface area contributed by atoms with Gasteiger partial charge in [0.1, 0.15) is 34.7 Å². The highest BCUT2D eigenvalue weighted by Crippen LogP contribution is 2.40. The number of halogens is 3. The molecular weight excluding hydrogens is 525 g/mol. The Bertz CT molecular complexity index is 1340. The van der Waals surface area contributed by atoms with Crippen molar-refractivity contribution in [3.63, 3.8) is 0 Å². The molecule has 200 valence electrons. The number of alkyl halides is 3. The third-order valence-corrected chi connectivity index (χ3v) is 7.34. The maximum absolute atomic E-state index is 13.4. The summed E-state index contributed by atoms with van der Waals surface area (Å²) in [4.78, 5) is 33.3. The van der Waals surface area contributed by atoms with Crippen LogP contribution in [0.5, 0.6) is 17.2 Å². The molecule has 4 rings (SSSR count). The molecule has 0 aliphatic carbocycles. The van der Waals surface area contributed by atoms with Gasteiger partial charge in [0.15, 0.2) is 0 Å². The number of carbonyl (C=O) groups is 2. The molecule has 13 heteroatoms. The zero-order chi connectivity index (χ0) is 27.3. The molecule has 0 radical (unpaired) electrons. The van der Waals surface area contributed by atoms with Gasteiger partial charge < -0.3 is 20.1 Å². The van der Waals surface area contributed by atoms with Gasteiger partial charge >= 0.3 is 6.18 Å². The van der Waals surface area contributed by atoms with Crippen molar-refractivity contribution in [3.05, 3.63) is 77.9 Å². The highest BCUT2D eigenvalue weighted by Gasteiger charge is 2.46. The highest BCUT2D eigenvalue weighted by atomic mass is 32.2. The summed E-state index contributed by atoms with van der Waals surface area (Å²) < 4.78 is 62.8. The van der Waals surface area contributed by atoms with Crippen molar-refractivity contribution >= 4 is 22.6 Å². The fourth-order valence-electron chi connectivity index (χ4n) is 3.85. The van der Waals surface area contributed by atoms with E-state index in [4.69, 9.17) is 9.47 Å². The van der Waals surface area contributed by atoms with Crippen molar-refractivity contribution in [2.75, 3.05) is 18.6 Å². The summed E-state index contributed by atoms with van der Waals surface area (Å²) in [5.41, 5.74) is -1.54. The lowest BCUT2D eigenvalue weighted by Crippen LogP contribution is -2.59. The number of benzene rings is 2. The summed E-state index contributed by atoms with van der Waals surface area (Å²) in [5.74, 6) is -0.997. The van der Waals surface area contributed by atoms with Gasteiger partial charge in [-0.1, -0.05) is 12.1 Å². The molecule has 0 bridgehead atoms. The third kappa shape index (κ3) is 6.28. The van der Waals surface area contributed by atoms with Crippen molar-refractivity contribution < 1.29 is 36.4 Å². The van der Waals surface area contributed by atoms with Crippen molar-refractivity contribution in [1.82, 2.24) is 20.6 Å². The Hall–Kier alpha value is -4.00. The van der Waals surface area contributed by atoms with Crippen molar-refractivity contribution in [3.8, 4) is 17.2 Å². The first-order valence-corrected chi connectivity index (χ1v) is 12.8. The second-order valence-electron chi connectivity index (χ2n) is 8.49. The van der Waals surface area contributed by atoms with E-state index in [0.29, 0.717) is 5.56 Å². The predicted molar refractivity (Wildman–Crippen MR) is 131 cm³/mol. The van der Waals surface area contributed by atoms with Gasteiger partial charge in [0.05, 0.1) is 18.4 Å². The molecule has 2 amide bonds. The Labute approximate surface area is 218 Å². The molecule has 38 heavy (non-hydrogen) atoms. The Morgan fingerprint density at radius 3 is 2.37 bits per heavy atom. The number of nitrogens with one attached hydrogen (secondary N) is 2. The van der Waals surface area contributed by atoms with Gasteiger partial charge in [0.25, 0.3) is 5.91 Å². The summed E-state index contributed by atoms with van der Waals surface area (Å²) in [6, 6.07) is 9.53. The van der Waals surface area contributed by atoms with Gasteiger partial charge in [0.2, 0.25) is 5.91 Å². The average Bonchev–Trinajstić information content (AvgIpc) is 3.29. The van der Waals surface area contributed by atoms with Crippen LogP contribution in [0.25, 0.3) is 0 Å². The molecule has 3 aromatic rings. The van der Waals surface area contributed by atoms with E-state index >= 15 is 0 Å². The van der Waals surface area contributed by atoms with Gasteiger partial charge in [-0.2, -0.15) is 13.2 Å². The Morgan fingerprint density at radius 2 is 1.76 bits per heavy atom. The summed E-state index contributed by atoms with van der Waals surface area (Å²) in [5, 5.41) is 5.44. The quantitative estimate of drug-likeness (QED) is 0.444. The van der Waals surface area contributed by atoms with Crippen LogP contribution in [0, 0.1) is 0 Å². The Kier molecular flexibility index (Phi) is 7.95. The van der Waals surface area contributed by atoms with E-state index in [1.165, 1.54) is 50.1 Å². The second kappa shape index (κ2) is 11.2. The Morgan fingerprint density at radius 1 is 1.08 bits per heavy atom. The molecule has 1 aliphatic heterocycles. The number of rotatable bonds is 8. The fraction of sp³-hybridized carbons (Fsp3) is 0.280. The zero-order valence-electron chi connectivity index (χ0n) is 20.1. The van der Waals surface area contributed by atoms with Crippen molar-refractivity contribution in [2.24, 2.45) is 0 Å². The summed E-state index contributed by atoms with van der Waals surface area (Å²) in [6.45, 7) is 0.0636. The minimum Gasteiger partial charge on any atom is -0.497 e. The second-order valence-corrected chi connectivity index (χ2v) is 10.1. The molecule has 1 aromatic heterocycles. The average molecular weight is 549 g/mol. The molecule has 2 atom stereocenters. The fourth-order valence-corrected chi connectivity index (χ4v) is 5.47. The van der Waals surface area contributed by atoms with E-state index in [0.717, 1.165) is 6.07 Å². The number of ether oxygens (including phenoxy) is 2. The summed E-state index contributed by atoms with van der Waals surface area (Å²) >= 11 is 0. The van der Waals surface area contributed by atoms with Crippen LogP contribution in [-0.4, -0.2) is 50.1 Å². The van der Waals surface area contributed by atoms with E-state index in [1.54, 1.807) is 12.1 Å². The minimum atomic E-state index is -4.64. The van der Waals surface area contributed by atoms with E-state index in [1.807, 2.05) is 0 Å². The van der Waals surface area contributed by atoms with E-state index in [9.17, 15) is 27.0 Å². The van der Waals surface area contributed by atoms with Gasteiger partial charge in [-0.3, -0.25) is 13.8 Å². The van der Waals surface area contributed by atoms with Crippen molar-refractivity contribution in [1.29, 1.82) is 0 Å². The predicted octanol–water partition coefficient (Wildman–Crippen LogP) is 3.23. The van der Waals surface area contributed by atoms with Crippen molar-refractivity contribution in [2.45, 2.75) is 24.7 Å². The topological polar surface area (TPSA) is 120 Å². The minimum absolute atomic E-state index is 0.0333. The number of hydrogen-bond donors (Lipinski definition) is 2. The molecule has 0 spiro atoms. The lowest BCUT2D eigenvalue weighted by atomic mass is 9.97. The number of amides is 2. The van der Waals surface area contributed by atoms with Gasteiger partial charge in [-0.05, 0) is 42.3 Å². The summed E-state index contributed by atoms with van der Waals surface area (Å²) in [7, 11) is -0.00686. The molecule has 2 heterocycles. The van der Waals surface area contributed by atoms with E-state index < -0.39 is 39.9 Å². The van der Waals surface area contributed by atoms with Crippen LogP contribution >= 0.6 is 0 Å². The van der Waals surface area contributed by atoms with E-state index in [-0.39, 0.29) is 47.3 Å². The highest BCUT2D eigenvalue weighted by molar-refractivity contribution is 7.85. The molecule has 1 fully saturated rings. The van der Waals surface area contributed by atoms with Gasteiger partial charge in [-0.15, -0.1) is 0 Å². The first kappa shape index (κ1) is 27.0. The van der Waals surface area contributed by atoms with Crippen LogP contribution in [0.2, 0.25) is 0 Å². The SMILES string of the molecule is COc1ccc(Oc2ccc(CNC(=O)C3(NC(=O)c4cncnc4)CCS(=O)C3)cc2)c(C(F)(F)F)c1. The van der Waals surface area contributed by atoms with Gasteiger partial charge in [-0.25, -0.2) is 9.97 Å². The Balaban J connectivity index is 1.42. The van der Waals surface area contributed by atoms with E-state index in [2.05, 4.69) is 20.6 Å². The molecule has 1 saturated heterocycles. The number of nitrogens with zero attached hydrogens (tertiary/aromatic N) is 2. The summed E-state index contributed by atoms with van der Waals surface area (Å²) in [6.07, 6.45) is -0.551. The molecule has 2 N–H and O–H groups in total. The monoisotopic (exact) mass is 548 g/mol. The third-order valence-electron chi connectivity index (χ3n) is 5.87. The number of aromatic nitrogens is 2. The van der Waals surface area contributed by atoms with Crippen LogP contribution in [0.15, 0.2) is 61.2 Å². The first-order chi connectivity index (χ1) is 18.1. The maximum Gasteiger partial charge on any atom is 0.420 e. The molecule has 0 saturated carbocycles. The lowest BCUT2D eigenvalue weighted by Gasteiger charge is -2.28. The number of methoxy groups -OCH3 is 1. The first-order valence-electron chi connectivity index (χ1n) is 11.3. The van der Waals surface area contributed by atoms with Crippen LogP contribution in [-0.2, 0) is 28.3 Å².